The summed E-state index contributed by atoms with van der Waals surface area (Å²) in [5.74, 6) is 0.825. The Labute approximate surface area is 227 Å². The second kappa shape index (κ2) is 14.1. The molecule has 2 amide bonds. The third-order valence-corrected chi connectivity index (χ3v) is 6.23. The van der Waals surface area contributed by atoms with Crippen LogP contribution in [0.4, 0.5) is 24.1 Å². The second-order valence-electron chi connectivity index (χ2n) is 9.96. The number of ether oxygens (including phenoxy) is 4. The van der Waals surface area contributed by atoms with E-state index in [9.17, 15) is 18.4 Å². The van der Waals surface area contributed by atoms with E-state index in [-0.39, 0.29) is 35.6 Å². The van der Waals surface area contributed by atoms with Crippen molar-refractivity contribution < 1.29 is 37.3 Å². The topological polar surface area (TPSA) is 113 Å². The monoisotopic (exact) mass is 552 g/mol. The van der Waals surface area contributed by atoms with Gasteiger partial charge in [-0.2, -0.15) is 8.78 Å². The van der Waals surface area contributed by atoms with Gasteiger partial charge in [-0.3, -0.25) is 5.32 Å². The Bertz CT molecular complexity index is 1100. The summed E-state index contributed by atoms with van der Waals surface area (Å²) in [5.41, 5.74) is 1.25. The zero-order valence-electron chi connectivity index (χ0n) is 23.0. The molecule has 1 fully saturated rings. The first-order valence-corrected chi connectivity index (χ1v) is 13.2. The zero-order valence-corrected chi connectivity index (χ0v) is 23.0. The molecular weight excluding hydrogens is 514 g/mol. The van der Waals surface area contributed by atoms with Crippen LogP contribution in [0.2, 0.25) is 0 Å². The summed E-state index contributed by atoms with van der Waals surface area (Å²) >= 11 is 0. The van der Waals surface area contributed by atoms with Gasteiger partial charge < -0.3 is 28.8 Å². The molecule has 1 aromatic carbocycles. The number of aromatic nitrogens is 2. The van der Waals surface area contributed by atoms with E-state index >= 15 is 0 Å². The molecule has 0 spiro atoms. The minimum atomic E-state index is -3.07. The average molecular weight is 553 g/mol. The lowest BCUT2D eigenvalue weighted by molar-refractivity contribution is -0.0494. The van der Waals surface area contributed by atoms with Gasteiger partial charge in [0.2, 0.25) is 0 Å². The maximum atomic E-state index is 13.4. The lowest BCUT2D eigenvalue weighted by atomic mass is 9.85. The van der Waals surface area contributed by atoms with Crippen molar-refractivity contribution in [3.63, 3.8) is 0 Å². The number of anilines is 1. The number of nitrogens with zero attached hydrogens (tertiary/aromatic N) is 2. The summed E-state index contributed by atoms with van der Waals surface area (Å²) in [6, 6.07) is 4.55. The van der Waals surface area contributed by atoms with Crippen molar-refractivity contribution in [2.45, 2.75) is 90.7 Å². The van der Waals surface area contributed by atoms with Gasteiger partial charge in [-0.15, -0.1) is 0 Å². The predicted octanol–water partition coefficient (Wildman–Crippen LogP) is 5.92. The number of carbonyl (C=O) groups excluding carboxylic acids is 2. The van der Waals surface area contributed by atoms with Gasteiger partial charge in [0.25, 0.3) is 0 Å². The van der Waals surface area contributed by atoms with Gasteiger partial charge in [0.15, 0.2) is 0 Å². The number of rotatable bonds is 11. The molecule has 216 valence electrons. The number of hydrogen-bond donors (Lipinski definition) is 2. The van der Waals surface area contributed by atoms with Crippen LogP contribution in [-0.2, 0) is 20.8 Å². The van der Waals surface area contributed by atoms with Gasteiger partial charge in [0.05, 0.1) is 30.7 Å². The van der Waals surface area contributed by atoms with E-state index < -0.39 is 18.8 Å². The molecule has 1 aliphatic rings. The first-order valence-electron chi connectivity index (χ1n) is 13.2. The largest absolute Gasteiger partial charge is 0.447 e. The molecule has 0 atom stereocenters. The third-order valence-electron chi connectivity index (χ3n) is 6.23. The molecular formula is C27H38F2N4O6. The lowest BCUT2D eigenvalue weighted by Gasteiger charge is -2.29. The molecule has 0 bridgehead atoms. The van der Waals surface area contributed by atoms with Crippen molar-refractivity contribution in [2.75, 3.05) is 19.0 Å². The number of alkyl carbamates (subject to hydrolysis) is 1. The third kappa shape index (κ3) is 8.81. The lowest BCUT2D eigenvalue weighted by Crippen LogP contribution is -2.38. The van der Waals surface area contributed by atoms with E-state index in [0.717, 1.165) is 31.5 Å². The maximum Gasteiger partial charge on any atom is 0.411 e. The Morgan fingerprint density at radius 2 is 1.72 bits per heavy atom. The number of halogens is 2. The summed E-state index contributed by atoms with van der Waals surface area (Å²) in [6.07, 6.45) is 3.10. The number of hydrogen-bond acceptors (Lipinski definition) is 7. The van der Waals surface area contributed by atoms with Crippen LogP contribution in [0.25, 0.3) is 11.3 Å². The standard InChI is InChI=1S/C27H38F2N4O6/c1-16(2)37-26(34)31-19-8-6-18(7-9-19)24-30-15-22(33(24)12-13-36-5)21-11-10-20(14-23(21)39-25(28)29)32-27(35)38-17(3)4/h10-11,14-19,25H,6-9,12-13H2,1-5H3,(H,31,34)(H,32,35). The average Bonchev–Trinajstić information content (AvgIpc) is 3.25. The van der Waals surface area contributed by atoms with Gasteiger partial charge in [0, 0.05) is 42.9 Å². The summed E-state index contributed by atoms with van der Waals surface area (Å²) in [6.45, 7) is 4.79. The fraction of sp³-hybridized carbons (Fsp3) is 0.593. The smallest absolute Gasteiger partial charge is 0.411 e. The highest BCUT2D eigenvalue weighted by molar-refractivity contribution is 5.86. The molecule has 1 saturated carbocycles. The van der Waals surface area contributed by atoms with E-state index in [1.54, 1.807) is 53.1 Å². The Kier molecular flexibility index (Phi) is 10.9. The molecule has 0 aliphatic heterocycles. The molecule has 1 aliphatic carbocycles. The highest BCUT2D eigenvalue weighted by atomic mass is 19.3. The summed E-state index contributed by atoms with van der Waals surface area (Å²) in [5, 5.41) is 5.45. The van der Waals surface area contributed by atoms with Crippen molar-refractivity contribution >= 4 is 17.9 Å². The Morgan fingerprint density at radius 3 is 2.33 bits per heavy atom. The van der Waals surface area contributed by atoms with Crippen LogP contribution in [0.5, 0.6) is 5.75 Å². The van der Waals surface area contributed by atoms with Crippen molar-refractivity contribution in [1.82, 2.24) is 14.9 Å². The molecule has 3 rings (SSSR count). The van der Waals surface area contributed by atoms with E-state index in [1.165, 1.54) is 6.07 Å². The van der Waals surface area contributed by atoms with Crippen LogP contribution < -0.4 is 15.4 Å². The van der Waals surface area contributed by atoms with Crippen molar-refractivity contribution in [3.05, 3.63) is 30.2 Å². The fourth-order valence-electron chi connectivity index (χ4n) is 4.63. The number of carbonyl (C=O) groups is 2. The minimum Gasteiger partial charge on any atom is -0.447 e. The van der Waals surface area contributed by atoms with E-state index in [0.29, 0.717) is 24.4 Å². The van der Waals surface area contributed by atoms with Crippen LogP contribution >= 0.6 is 0 Å². The number of alkyl halides is 2. The molecule has 12 heteroatoms. The predicted molar refractivity (Wildman–Crippen MR) is 141 cm³/mol. The van der Waals surface area contributed by atoms with Crippen LogP contribution in [0.1, 0.15) is 65.1 Å². The Hall–Kier alpha value is -3.41. The van der Waals surface area contributed by atoms with Gasteiger partial charge in [0.1, 0.15) is 11.6 Å². The number of imidazole rings is 1. The number of methoxy groups -OCH3 is 1. The summed E-state index contributed by atoms with van der Waals surface area (Å²) in [7, 11) is 1.59. The van der Waals surface area contributed by atoms with Crippen LogP contribution in [-0.4, -0.2) is 60.3 Å². The molecule has 10 nitrogen and oxygen atoms in total. The van der Waals surface area contributed by atoms with E-state index in [1.807, 2.05) is 4.57 Å². The summed E-state index contributed by atoms with van der Waals surface area (Å²) < 4.78 is 49.1. The second-order valence-corrected chi connectivity index (χ2v) is 9.96. The Morgan fingerprint density at radius 1 is 1.05 bits per heavy atom. The first-order chi connectivity index (χ1) is 18.6. The van der Waals surface area contributed by atoms with Crippen molar-refractivity contribution in [2.24, 2.45) is 0 Å². The first kappa shape index (κ1) is 30.1. The van der Waals surface area contributed by atoms with E-state index in [2.05, 4.69) is 15.6 Å². The molecule has 0 radical (unpaired) electrons. The highest BCUT2D eigenvalue weighted by Gasteiger charge is 2.29. The number of benzene rings is 1. The minimum absolute atomic E-state index is 0.0165. The molecule has 1 aromatic heterocycles. The van der Waals surface area contributed by atoms with Crippen LogP contribution in [0.15, 0.2) is 24.4 Å². The normalized spacial score (nSPS) is 17.4. The van der Waals surface area contributed by atoms with Gasteiger partial charge in [-0.1, -0.05) is 0 Å². The van der Waals surface area contributed by atoms with Gasteiger partial charge in [-0.05, 0) is 65.5 Å². The molecule has 0 unspecified atom stereocenters. The fourth-order valence-corrected chi connectivity index (χ4v) is 4.63. The maximum absolute atomic E-state index is 13.4. The van der Waals surface area contributed by atoms with Gasteiger partial charge >= 0.3 is 18.8 Å². The highest BCUT2D eigenvalue weighted by Crippen LogP contribution is 2.38. The SMILES string of the molecule is COCCn1c(-c2ccc(NC(=O)OC(C)C)cc2OC(F)F)cnc1C1CCC(NC(=O)OC(C)C)CC1. The quantitative estimate of drug-likeness (QED) is 0.356. The Balaban J connectivity index is 1.84. The molecule has 1 heterocycles. The van der Waals surface area contributed by atoms with Crippen molar-refractivity contribution in [3.8, 4) is 17.0 Å². The van der Waals surface area contributed by atoms with E-state index in [4.69, 9.17) is 18.9 Å². The van der Waals surface area contributed by atoms with Crippen LogP contribution in [0, 0.1) is 0 Å². The number of amides is 2. The summed E-state index contributed by atoms with van der Waals surface area (Å²) in [4.78, 5) is 28.7. The number of nitrogens with one attached hydrogen (secondary N) is 2. The molecule has 2 N–H and O–H groups in total. The van der Waals surface area contributed by atoms with Gasteiger partial charge in [-0.25, -0.2) is 14.6 Å². The molecule has 2 aromatic rings. The molecule has 0 saturated heterocycles. The zero-order chi connectivity index (χ0) is 28.5. The van der Waals surface area contributed by atoms with Crippen molar-refractivity contribution in [1.29, 1.82) is 0 Å². The molecule has 39 heavy (non-hydrogen) atoms. The van der Waals surface area contributed by atoms with Crippen LogP contribution in [0.3, 0.4) is 0 Å².